The van der Waals surface area contributed by atoms with Gasteiger partial charge in [-0.15, -0.1) is 11.3 Å². The molecule has 13 heavy (non-hydrogen) atoms. The number of methoxy groups -OCH3 is 1. The molecule has 0 radical (unpaired) electrons. The average molecular weight is 259 g/mol. The smallest absolute Gasteiger partial charge is 0.225 e. The van der Waals surface area contributed by atoms with Crippen molar-refractivity contribution >= 4 is 37.5 Å². The van der Waals surface area contributed by atoms with Gasteiger partial charge in [0.15, 0.2) is 0 Å². The highest BCUT2D eigenvalue weighted by Crippen LogP contribution is 2.37. The van der Waals surface area contributed by atoms with Crippen LogP contribution in [0.25, 0.3) is 10.2 Å². The van der Waals surface area contributed by atoms with Crippen LogP contribution >= 0.6 is 27.3 Å². The molecule has 0 aliphatic heterocycles. The summed E-state index contributed by atoms with van der Waals surface area (Å²) in [6, 6.07) is 0. The van der Waals surface area contributed by atoms with Crippen molar-refractivity contribution in [3.63, 3.8) is 0 Å². The van der Waals surface area contributed by atoms with Gasteiger partial charge in [-0.2, -0.15) is 0 Å². The van der Waals surface area contributed by atoms with E-state index in [4.69, 9.17) is 4.74 Å². The van der Waals surface area contributed by atoms with Crippen LogP contribution in [0.3, 0.4) is 0 Å². The maximum Gasteiger partial charge on any atom is 0.225 e. The molecule has 68 valence electrons. The molecule has 0 fully saturated rings. The Morgan fingerprint density at radius 3 is 2.92 bits per heavy atom. The molecule has 2 aromatic heterocycles. The number of hydrogen-bond acceptors (Lipinski definition) is 4. The number of hydrogen-bond donors (Lipinski definition) is 0. The van der Waals surface area contributed by atoms with Gasteiger partial charge in [0.05, 0.1) is 16.3 Å². The third-order valence-electron chi connectivity index (χ3n) is 1.83. The first kappa shape index (κ1) is 8.90. The molecule has 0 aromatic carbocycles. The SMILES string of the molecule is COc1ncnc2sc(Br)c(C)c12. The molecule has 0 spiro atoms. The minimum Gasteiger partial charge on any atom is -0.480 e. The number of nitrogens with zero attached hydrogens (tertiary/aromatic N) is 2. The molecule has 0 aliphatic carbocycles. The van der Waals surface area contributed by atoms with Crippen LogP contribution in [0, 0.1) is 6.92 Å². The number of thiophene rings is 1. The van der Waals surface area contributed by atoms with Crippen molar-refractivity contribution in [2.75, 3.05) is 7.11 Å². The van der Waals surface area contributed by atoms with Gasteiger partial charge in [0.1, 0.15) is 11.2 Å². The van der Waals surface area contributed by atoms with E-state index in [1.54, 1.807) is 18.4 Å². The fraction of sp³-hybridized carbons (Fsp3) is 0.250. The van der Waals surface area contributed by atoms with E-state index in [2.05, 4.69) is 25.9 Å². The normalized spacial score (nSPS) is 10.7. The largest absolute Gasteiger partial charge is 0.480 e. The highest BCUT2D eigenvalue weighted by atomic mass is 79.9. The van der Waals surface area contributed by atoms with E-state index in [1.807, 2.05) is 6.92 Å². The molecule has 2 aromatic rings. The Kier molecular flexibility index (Phi) is 2.21. The van der Waals surface area contributed by atoms with Crippen LogP contribution in [0.15, 0.2) is 10.1 Å². The lowest BCUT2D eigenvalue weighted by Crippen LogP contribution is -1.89. The van der Waals surface area contributed by atoms with Crippen molar-refractivity contribution in [1.29, 1.82) is 0 Å². The topological polar surface area (TPSA) is 35.0 Å². The second-order valence-corrected chi connectivity index (χ2v) is 4.88. The first-order valence-corrected chi connectivity index (χ1v) is 5.28. The molecule has 0 aliphatic rings. The molecule has 2 heterocycles. The summed E-state index contributed by atoms with van der Waals surface area (Å²) in [5.41, 5.74) is 1.14. The summed E-state index contributed by atoms with van der Waals surface area (Å²) in [5.74, 6) is 0.643. The van der Waals surface area contributed by atoms with E-state index < -0.39 is 0 Å². The minimum absolute atomic E-state index is 0.643. The standard InChI is InChI=1S/C8H7BrN2OS/c1-4-5-7(12-2)10-3-11-8(5)13-6(4)9/h3H,1-2H3. The van der Waals surface area contributed by atoms with Crippen molar-refractivity contribution in [2.45, 2.75) is 6.92 Å². The molecular formula is C8H7BrN2OS. The van der Waals surface area contributed by atoms with Crippen molar-refractivity contribution in [1.82, 2.24) is 9.97 Å². The van der Waals surface area contributed by atoms with Gasteiger partial charge in [-0.1, -0.05) is 0 Å². The van der Waals surface area contributed by atoms with Gasteiger partial charge in [0, 0.05) is 0 Å². The third-order valence-corrected chi connectivity index (χ3v) is 3.90. The molecule has 3 nitrogen and oxygen atoms in total. The van der Waals surface area contributed by atoms with Crippen LogP contribution in [0.1, 0.15) is 5.56 Å². The summed E-state index contributed by atoms with van der Waals surface area (Å²) in [5, 5.41) is 1.00. The summed E-state index contributed by atoms with van der Waals surface area (Å²) in [6.07, 6.45) is 1.52. The first-order valence-electron chi connectivity index (χ1n) is 3.67. The predicted octanol–water partition coefficient (Wildman–Crippen LogP) is 2.77. The molecule has 0 atom stereocenters. The molecule has 0 amide bonds. The minimum atomic E-state index is 0.643. The average Bonchev–Trinajstić information content (AvgIpc) is 2.43. The Morgan fingerprint density at radius 2 is 2.23 bits per heavy atom. The summed E-state index contributed by atoms with van der Waals surface area (Å²) in [4.78, 5) is 9.18. The molecule has 0 saturated carbocycles. The lowest BCUT2D eigenvalue weighted by Gasteiger charge is -1.99. The van der Waals surface area contributed by atoms with Gasteiger partial charge >= 0.3 is 0 Å². The lowest BCUT2D eigenvalue weighted by atomic mass is 10.3. The van der Waals surface area contributed by atoms with Crippen LogP contribution in [0.5, 0.6) is 5.88 Å². The summed E-state index contributed by atoms with van der Waals surface area (Å²) < 4.78 is 6.24. The van der Waals surface area contributed by atoms with E-state index in [1.165, 1.54) is 6.33 Å². The summed E-state index contributed by atoms with van der Waals surface area (Å²) >= 11 is 5.06. The fourth-order valence-electron chi connectivity index (χ4n) is 1.17. The predicted molar refractivity (Wildman–Crippen MR) is 56.4 cm³/mol. The highest BCUT2D eigenvalue weighted by molar-refractivity contribution is 9.11. The zero-order chi connectivity index (χ0) is 9.42. The Morgan fingerprint density at radius 1 is 1.46 bits per heavy atom. The van der Waals surface area contributed by atoms with Gasteiger partial charge in [-0.3, -0.25) is 0 Å². The van der Waals surface area contributed by atoms with Crippen molar-refractivity contribution < 1.29 is 4.74 Å². The number of aryl methyl sites for hydroxylation is 1. The Labute approximate surface area is 87.9 Å². The van der Waals surface area contributed by atoms with E-state index >= 15 is 0 Å². The van der Waals surface area contributed by atoms with E-state index in [-0.39, 0.29) is 0 Å². The summed E-state index contributed by atoms with van der Waals surface area (Å²) in [7, 11) is 1.62. The fourth-order valence-corrected chi connectivity index (χ4v) is 2.69. The van der Waals surface area contributed by atoms with E-state index in [9.17, 15) is 0 Å². The van der Waals surface area contributed by atoms with Crippen LogP contribution in [-0.2, 0) is 0 Å². The number of halogens is 1. The Balaban J connectivity index is 2.87. The Bertz CT molecular complexity index is 455. The van der Waals surface area contributed by atoms with Gasteiger partial charge in [-0.25, -0.2) is 9.97 Å². The first-order chi connectivity index (χ1) is 6.24. The van der Waals surface area contributed by atoms with Crippen LogP contribution in [-0.4, -0.2) is 17.1 Å². The van der Waals surface area contributed by atoms with Gasteiger partial charge in [0.25, 0.3) is 0 Å². The molecular weight excluding hydrogens is 252 g/mol. The van der Waals surface area contributed by atoms with Gasteiger partial charge < -0.3 is 4.74 Å². The Hall–Kier alpha value is -0.680. The van der Waals surface area contributed by atoms with Crippen molar-refractivity contribution in [3.05, 3.63) is 15.7 Å². The number of fused-ring (bicyclic) bond motifs is 1. The number of rotatable bonds is 1. The summed E-state index contributed by atoms with van der Waals surface area (Å²) in [6.45, 7) is 2.02. The van der Waals surface area contributed by atoms with E-state index in [0.29, 0.717) is 5.88 Å². The molecule has 0 bridgehead atoms. The maximum atomic E-state index is 5.16. The lowest BCUT2D eigenvalue weighted by molar-refractivity contribution is 0.402. The van der Waals surface area contributed by atoms with Crippen LogP contribution in [0.2, 0.25) is 0 Å². The quantitative estimate of drug-likeness (QED) is 0.789. The van der Waals surface area contributed by atoms with Gasteiger partial charge in [-0.05, 0) is 28.4 Å². The number of aromatic nitrogens is 2. The van der Waals surface area contributed by atoms with Crippen LogP contribution in [0.4, 0.5) is 0 Å². The molecule has 0 N–H and O–H groups in total. The second-order valence-electron chi connectivity index (χ2n) is 2.56. The second kappa shape index (κ2) is 3.23. The molecule has 5 heteroatoms. The molecule has 0 saturated heterocycles. The highest BCUT2D eigenvalue weighted by Gasteiger charge is 2.12. The third kappa shape index (κ3) is 1.32. The zero-order valence-corrected chi connectivity index (χ0v) is 9.57. The molecule has 0 unspecified atom stereocenters. The van der Waals surface area contributed by atoms with Gasteiger partial charge in [0.2, 0.25) is 5.88 Å². The van der Waals surface area contributed by atoms with Crippen molar-refractivity contribution in [3.8, 4) is 5.88 Å². The van der Waals surface area contributed by atoms with Crippen LogP contribution < -0.4 is 4.74 Å². The van der Waals surface area contributed by atoms with Crippen molar-refractivity contribution in [2.24, 2.45) is 0 Å². The zero-order valence-electron chi connectivity index (χ0n) is 7.17. The maximum absolute atomic E-state index is 5.16. The van der Waals surface area contributed by atoms with E-state index in [0.717, 1.165) is 19.6 Å². The molecule has 2 rings (SSSR count). The number of ether oxygens (including phenoxy) is 1. The monoisotopic (exact) mass is 258 g/mol.